The number of anilines is 1. The molecule has 1 atom stereocenters. The van der Waals surface area contributed by atoms with Gasteiger partial charge in [0.1, 0.15) is 5.82 Å². The third kappa shape index (κ3) is 4.71. The first kappa shape index (κ1) is 17.8. The molecule has 0 aliphatic rings. The van der Waals surface area contributed by atoms with Crippen LogP contribution in [-0.4, -0.2) is 25.7 Å². The predicted octanol–water partition coefficient (Wildman–Crippen LogP) is 3.68. The molecule has 0 saturated heterocycles. The topological polar surface area (TPSA) is 32.3 Å². The summed E-state index contributed by atoms with van der Waals surface area (Å²) in [6, 6.07) is 10.5. The summed E-state index contributed by atoms with van der Waals surface area (Å²) in [6.45, 7) is -0.238. The van der Waals surface area contributed by atoms with Crippen LogP contribution in [0.15, 0.2) is 54.6 Å². The predicted molar refractivity (Wildman–Crippen MR) is 83.1 cm³/mol. The molecule has 128 valence electrons. The van der Waals surface area contributed by atoms with E-state index in [4.69, 9.17) is 0 Å². The first-order chi connectivity index (χ1) is 11.3. The van der Waals surface area contributed by atoms with Crippen molar-refractivity contribution in [1.29, 1.82) is 0 Å². The number of hydrogen-bond donors (Lipinski definition) is 1. The zero-order valence-electron chi connectivity index (χ0n) is 12.8. The number of rotatable bonds is 5. The molecular formula is C17H16F4N2O. The van der Waals surface area contributed by atoms with Gasteiger partial charge in [0.2, 0.25) is 5.91 Å². The number of alkyl halides is 3. The number of halogens is 4. The van der Waals surface area contributed by atoms with Gasteiger partial charge >= 0.3 is 6.18 Å². The van der Waals surface area contributed by atoms with Crippen molar-refractivity contribution in [2.24, 2.45) is 0 Å². The quantitative estimate of drug-likeness (QED) is 0.842. The monoisotopic (exact) mass is 340 g/mol. The van der Waals surface area contributed by atoms with Crippen LogP contribution in [0.25, 0.3) is 0 Å². The zero-order valence-corrected chi connectivity index (χ0v) is 12.8. The van der Waals surface area contributed by atoms with Gasteiger partial charge in [-0.25, -0.2) is 4.39 Å². The Hall–Kier alpha value is -2.57. The molecule has 2 rings (SSSR count). The van der Waals surface area contributed by atoms with Gasteiger partial charge in [-0.2, -0.15) is 13.2 Å². The first-order valence-electron chi connectivity index (χ1n) is 7.15. The van der Waals surface area contributed by atoms with E-state index >= 15 is 0 Å². The molecule has 0 aromatic heterocycles. The van der Waals surface area contributed by atoms with Crippen LogP contribution in [0.5, 0.6) is 0 Å². The first-order valence-corrected chi connectivity index (χ1v) is 7.15. The molecule has 0 fully saturated rings. The lowest BCUT2D eigenvalue weighted by Gasteiger charge is -2.24. The van der Waals surface area contributed by atoms with Crippen LogP contribution in [0.4, 0.5) is 23.2 Å². The average molecular weight is 340 g/mol. The number of carbonyl (C=O) groups excluding carboxylic acids is 1. The molecule has 0 saturated carbocycles. The molecule has 0 radical (unpaired) electrons. The van der Waals surface area contributed by atoms with Crippen LogP contribution in [-0.2, 0) is 4.79 Å². The maximum Gasteiger partial charge on any atom is 0.412 e. The van der Waals surface area contributed by atoms with Crippen LogP contribution in [0.1, 0.15) is 11.6 Å². The van der Waals surface area contributed by atoms with E-state index in [9.17, 15) is 22.4 Å². The highest BCUT2D eigenvalue weighted by Gasteiger charge is 2.41. The fraction of sp³-hybridized carbons (Fsp3) is 0.235. The van der Waals surface area contributed by atoms with Crippen molar-refractivity contribution >= 4 is 11.6 Å². The molecule has 1 amide bonds. The highest BCUT2D eigenvalue weighted by Crippen LogP contribution is 2.32. The van der Waals surface area contributed by atoms with Gasteiger partial charge in [0.15, 0.2) is 6.04 Å². The van der Waals surface area contributed by atoms with Crippen LogP contribution in [0.2, 0.25) is 0 Å². The molecule has 1 unspecified atom stereocenters. The summed E-state index contributed by atoms with van der Waals surface area (Å²) in [6.07, 6.45) is -4.68. The molecular weight excluding hydrogens is 324 g/mol. The zero-order chi connectivity index (χ0) is 17.7. The normalized spacial score (nSPS) is 12.5. The van der Waals surface area contributed by atoms with E-state index in [0.29, 0.717) is 5.69 Å². The lowest BCUT2D eigenvalue weighted by Crippen LogP contribution is -2.42. The van der Waals surface area contributed by atoms with Gasteiger partial charge in [0.25, 0.3) is 0 Å². The Balaban J connectivity index is 2.09. The minimum Gasteiger partial charge on any atom is -0.365 e. The number of nitrogens with one attached hydrogen (secondary N) is 1. The SMILES string of the molecule is CN(CC(=O)NC(c1ccc(F)cc1)C(F)(F)F)c1ccccc1. The summed E-state index contributed by atoms with van der Waals surface area (Å²) in [7, 11) is 1.61. The molecule has 0 aliphatic heterocycles. The summed E-state index contributed by atoms with van der Waals surface area (Å²) in [5.41, 5.74) is 0.484. The number of likely N-dealkylation sites (N-methyl/N-ethyl adjacent to an activating group) is 1. The molecule has 1 N–H and O–H groups in total. The average Bonchev–Trinajstić information content (AvgIpc) is 2.53. The Bertz CT molecular complexity index is 671. The fourth-order valence-electron chi connectivity index (χ4n) is 2.21. The highest BCUT2D eigenvalue weighted by atomic mass is 19.4. The second-order valence-corrected chi connectivity index (χ2v) is 5.29. The van der Waals surface area contributed by atoms with Crippen molar-refractivity contribution < 1.29 is 22.4 Å². The number of hydrogen-bond acceptors (Lipinski definition) is 2. The molecule has 2 aromatic rings. The van der Waals surface area contributed by atoms with Gasteiger partial charge in [-0.3, -0.25) is 4.79 Å². The molecule has 7 heteroatoms. The minimum atomic E-state index is -4.68. The van der Waals surface area contributed by atoms with Crippen molar-refractivity contribution in [3.8, 4) is 0 Å². The van der Waals surface area contributed by atoms with Crippen LogP contribution in [0, 0.1) is 5.82 Å². The molecule has 24 heavy (non-hydrogen) atoms. The molecule has 2 aromatic carbocycles. The third-order valence-electron chi connectivity index (χ3n) is 3.41. The van der Waals surface area contributed by atoms with Crippen molar-refractivity contribution in [2.45, 2.75) is 12.2 Å². The number of carbonyl (C=O) groups is 1. The fourth-order valence-corrected chi connectivity index (χ4v) is 2.21. The highest BCUT2D eigenvalue weighted by molar-refractivity contribution is 5.81. The maximum atomic E-state index is 13.2. The van der Waals surface area contributed by atoms with E-state index in [1.807, 2.05) is 5.32 Å². The van der Waals surface area contributed by atoms with E-state index in [-0.39, 0.29) is 12.1 Å². The minimum absolute atomic E-state index is 0.223. The molecule has 0 aliphatic carbocycles. The summed E-state index contributed by atoms with van der Waals surface area (Å²) in [5, 5.41) is 1.97. The summed E-state index contributed by atoms with van der Waals surface area (Å²) in [4.78, 5) is 13.5. The molecule has 3 nitrogen and oxygen atoms in total. The third-order valence-corrected chi connectivity index (χ3v) is 3.41. The Morgan fingerprint density at radius 3 is 2.21 bits per heavy atom. The second kappa shape index (κ2) is 7.33. The van der Waals surface area contributed by atoms with Crippen molar-refractivity contribution in [1.82, 2.24) is 5.32 Å². The maximum absolute atomic E-state index is 13.2. The van der Waals surface area contributed by atoms with E-state index in [0.717, 1.165) is 24.3 Å². The van der Waals surface area contributed by atoms with Crippen molar-refractivity contribution in [2.75, 3.05) is 18.5 Å². The lowest BCUT2D eigenvalue weighted by molar-refractivity contribution is -0.163. The van der Waals surface area contributed by atoms with Crippen LogP contribution >= 0.6 is 0 Å². The van der Waals surface area contributed by atoms with Gasteiger partial charge in [-0.05, 0) is 29.8 Å². The smallest absolute Gasteiger partial charge is 0.365 e. The standard InChI is InChI=1S/C17H16F4N2O/c1-23(14-5-3-2-4-6-14)11-15(24)22-16(17(19,20)21)12-7-9-13(18)10-8-12/h2-10,16H,11H2,1H3,(H,22,24). The largest absolute Gasteiger partial charge is 0.412 e. The number of amides is 1. The van der Waals surface area contributed by atoms with Crippen molar-refractivity contribution in [3.63, 3.8) is 0 Å². The molecule has 0 heterocycles. The molecule has 0 spiro atoms. The van der Waals surface area contributed by atoms with Gasteiger partial charge in [-0.15, -0.1) is 0 Å². The van der Waals surface area contributed by atoms with Gasteiger partial charge in [0, 0.05) is 12.7 Å². The Morgan fingerprint density at radius 2 is 1.67 bits per heavy atom. The lowest BCUT2D eigenvalue weighted by atomic mass is 10.1. The van der Waals surface area contributed by atoms with Gasteiger partial charge < -0.3 is 10.2 Å². The Kier molecular flexibility index (Phi) is 5.43. The summed E-state index contributed by atoms with van der Waals surface area (Å²) >= 11 is 0. The van der Waals surface area contributed by atoms with E-state index in [1.54, 1.807) is 37.4 Å². The van der Waals surface area contributed by atoms with Gasteiger partial charge in [0.05, 0.1) is 6.54 Å². The van der Waals surface area contributed by atoms with E-state index in [2.05, 4.69) is 0 Å². The van der Waals surface area contributed by atoms with Crippen molar-refractivity contribution in [3.05, 3.63) is 66.0 Å². The van der Waals surface area contributed by atoms with E-state index in [1.165, 1.54) is 4.90 Å². The number of benzene rings is 2. The van der Waals surface area contributed by atoms with Gasteiger partial charge in [-0.1, -0.05) is 30.3 Å². The summed E-state index contributed by atoms with van der Waals surface area (Å²) in [5.74, 6) is -1.43. The molecule has 0 bridgehead atoms. The van der Waals surface area contributed by atoms with E-state index < -0.39 is 23.9 Å². The number of nitrogens with zero attached hydrogens (tertiary/aromatic N) is 1. The van der Waals surface area contributed by atoms with Crippen LogP contribution in [0.3, 0.4) is 0 Å². The Morgan fingerprint density at radius 1 is 1.08 bits per heavy atom. The summed E-state index contributed by atoms with van der Waals surface area (Å²) < 4.78 is 52.5. The van der Waals surface area contributed by atoms with Crippen LogP contribution < -0.4 is 10.2 Å². The Labute approximate surface area is 136 Å². The second-order valence-electron chi connectivity index (χ2n) is 5.29. The number of para-hydroxylation sites is 1.